The van der Waals surface area contributed by atoms with Crippen molar-refractivity contribution in [2.75, 3.05) is 0 Å². The number of fused-ring (bicyclic) bond motifs is 1. The topological polar surface area (TPSA) is 43.3 Å². The van der Waals surface area contributed by atoms with Crippen molar-refractivity contribution in [2.24, 2.45) is 5.73 Å². The first-order valence-electron chi connectivity index (χ1n) is 5.71. The molecule has 0 fully saturated rings. The predicted octanol–water partition coefficient (Wildman–Crippen LogP) is 2.60. The molecule has 0 aliphatic rings. The summed E-state index contributed by atoms with van der Waals surface area (Å²) in [7, 11) is 0. The molecular formula is C14H12FN3. The lowest BCUT2D eigenvalue weighted by molar-refractivity contribution is 0.629. The fraction of sp³-hybridized carbons (Fsp3) is 0.0714. The SMILES string of the molecule is NCc1ccc(F)c(-c2cccc3ccnn23)c1. The summed E-state index contributed by atoms with van der Waals surface area (Å²) in [5.41, 5.74) is 8.68. The molecule has 90 valence electrons. The van der Waals surface area contributed by atoms with Crippen LogP contribution in [0.15, 0.2) is 48.7 Å². The number of hydrogen-bond acceptors (Lipinski definition) is 2. The van der Waals surface area contributed by atoms with Gasteiger partial charge in [0.15, 0.2) is 0 Å². The van der Waals surface area contributed by atoms with E-state index in [0.29, 0.717) is 12.1 Å². The lowest BCUT2D eigenvalue weighted by atomic mass is 10.1. The van der Waals surface area contributed by atoms with E-state index in [2.05, 4.69) is 5.10 Å². The lowest BCUT2D eigenvalue weighted by Crippen LogP contribution is -2.00. The molecule has 1 aromatic carbocycles. The minimum absolute atomic E-state index is 0.268. The van der Waals surface area contributed by atoms with Crippen LogP contribution >= 0.6 is 0 Å². The number of benzene rings is 1. The summed E-state index contributed by atoms with van der Waals surface area (Å²) in [4.78, 5) is 0. The number of rotatable bonds is 2. The molecule has 0 amide bonds. The van der Waals surface area contributed by atoms with E-state index in [0.717, 1.165) is 16.8 Å². The van der Waals surface area contributed by atoms with Gasteiger partial charge in [0, 0.05) is 12.1 Å². The van der Waals surface area contributed by atoms with E-state index in [1.165, 1.54) is 6.07 Å². The highest BCUT2D eigenvalue weighted by Gasteiger charge is 2.09. The van der Waals surface area contributed by atoms with Crippen LogP contribution in [-0.2, 0) is 6.54 Å². The Labute approximate surface area is 104 Å². The van der Waals surface area contributed by atoms with Gasteiger partial charge in [0.25, 0.3) is 0 Å². The highest BCUT2D eigenvalue weighted by molar-refractivity contribution is 5.65. The van der Waals surface area contributed by atoms with Crippen LogP contribution in [0.1, 0.15) is 5.56 Å². The summed E-state index contributed by atoms with van der Waals surface area (Å²) in [5, 5.41) is 4.21. The molecule has 4 heteroatoms. The van der Waals surface area contributed by atoms with E-state index in [1.807, 2.05) is 24.3 Å². The van der Waals surface area contributed by atoms with Crippen molar-refractivity contribution in [1.29, 1.82) is 0 Å². The number of hydrogen-bond donors (Lipinski definition) is 1. The molecule has 0 aliphatic heterocycles. The zero-order valence-electron chi connectivity index (χ0n) is 9.68. The van der Waals surface area contributed by atoms with Crippen molar-refractivity contribution in [3.8, 4) is 11.3 Å². The van der Waals surface area contributed by atoms with Gasteiger partial charge in [-0.3, -0.25) is 0 Å². The Morgan fingerprint density at radius 2 is 2.06 bits per heavy atom. The van der Waals surface area contributed by atoms with Gasteiger partial charge in [0.2, 0.25) is 0 Å². The minimum Gasteiger partial charge on any atom is -0.326 e. The molecule has 0 bridgehead atoms. The van der Waals surface area contributed by atoms with Gasteiger partial charge in [-0.2, -0.15) is 5.10 Å². The molecule has 0 saturated heterocycles. The maximum Gasteiger partial charge on any atom is 0.132 e. The molecular weight excluding hydrogens is 229 g/mol. The average molecular weight is 241 g/mol. The summed E-state index contributed by atoms with van der Waals surface area (Å²) < 4.78 is 15.7. The molecule has 0 atom stereocenters. The van der Waals surface area contributed by atoms with E-state index < -0.39 is 0 Å². The van der Waals surface area contributed by atoms with Crippen LogP contribution in [0.4, 0.5) is 4.39 Å². The third-order valence-electron chi connectivity index (χ3n) is 2.96. The maximum atomic E-state index is 13.9. The van der Waals surface area contributed by atoms with Gasteiger partial charge in [0.05, 0.1) is 17.4 Å². The molecule has 0 aliphatic carbocycles. The Morgan fingerprint density at radius 1 is 1.17 bits per heavy atom. The van der Waals surface area contributed by atoms with Crippen LogP contribution in [0.2, 0.25) is 0 Å². The standard InChI is InChI=1S/C14H12FN3/c15-13-5-4-10(9-16)8-12(13)14-3-1-2-11-6-7-17-18(11)14/h1-8H,9,16H2. The lowest BCUT2D eigenvalue weighted by Gasteiger charge is -2.08. The number of pyridine rings is 1. The molecule has 0 saturated carbocycles. The zero-order valence-corrected chi connectivity index (χ0v) is 9.68. The average Bonchev–Trinajstić information content (AvgIpc) is 2.87. The number of halogens is 1. The third-order valence-corrected chi connectivity index (χ3v) is 2.96. The summed E-state index contributed by atoms with van der Waals surface area (Å²) >= 11 is 0. The van der Waals surface area contributed by atoms with Crippen LogP contribution in [0.5, 0.6) is 0 Å². The van der Waals surface area contributed by atoms with E-state index in [9.17, 15) is 4.39 Å². The van der Waals surface area contributed by atoms with Gasteiger partial charge in [-0.05, 0) is 35.9 Å². The predicted molar refractivity (Wildman–Crippen MR) is 68.5 cm³/mol. The zero-order chi connectivity index (χ0) is 12.5. The van der Waals surface area contributed by atoms with Crippen LogP contribution in [0, 0.1) is 5.82 Å². The first kappa shape index (κ1) is 10.9. The molecule has 18 heavy (non-hydrogen) atoms. The second kappa shape index (κ2) is 4.23. The van der Waals surface area contributed by atoms with Crippen LogP contribution < -0.4 is 5.73 Å². The van der Waals surface area contributed by atoms with Crippen LogP contribution in [-0.4, -0.2) is 9.61 Å². The third kappa shape index (κ3) is 1.67. The monoisotopic (exact) mass is 241 g/mol. The Morgan fingerprint density at radius 3 is 2.89 bits per heavy atom. The second-order valence-electron chi connectivity index (χ2n) is 4.10. The highest BCUT2D eigenvalue weighted by atomic mass is 19.1. The Kier molecular flexibility index (Phi) is 2.57. The molecule has 3 rings (SSSR count). The van der Waals surface area contributed by atoms with Crippen molar-refractivity contribution in [2.45, 2.75) is 6.54 Å². The van der Waals surface area contributed by atoms with E-state index in [4.69, 9.17) is 5.73 Å². The van der Waals surface area contributed by atoms with Crippen molar-refractivity contribution in [1.82, 2.24) is 9.61 Å². The fourth-order valence-electron chi connectivity index (χ4n) is 2.05. The Hall–Kier alpha value is -2.20. The Balaban J connectivity index is 2.28. The second-order valence-corrected chi connectivity index (χ2v) is 4.10. The first-order chi connectivity index (χ1) is 8.79. The quantitative estimate of drug-likeness (QED) is 0.749. The summed E-state index contributed by atoms with van der Waals surface area (Å²) in [5.74, 6) is -0.268. The van der Waals surface area contributed by atoms with E-state index >= 15 is 0 Å². The maximum absolute atomic E-state index is 13.9. The minimum atomic E-state index is -0.268. The van der Waals surface area contributed by atoms with Crippen molar-refractivity contribution < 1.29 is 4.39 Å². The summed E-state index contributed by atoms with van der Waals surface area (Å²) in [6, 6.07) is 12.5. The van der Waals surface area contributed by atoms with Gasteiger partial charge in [-0.25, -0.2) is 8.91 Å². The van der Waals surface area contributed by atoms with Gasteiger partial charge in [-0.15, -0.1) is 0 Å². The fourth-order valence-corrected chi connectivity index (χ4v) is 2.05. The van der Waals surface area contributed by atoms with E-state index in [-0.39, 0.29) is 5.82 Å². The van der Waals surface area contributed by atoms with Gasteiger partial charge in [-0.1, -0.05) is 12.1 Å². The number of nitrogens with zero attached hydrogens (tertiary/aromatic N) is 2. The molecule has 2 N–H and O–H groups in total. The van der Waals surface area contributed by atoms with Crippen molar-refractivity contribution >= 4 is 5.52 Å². The van der Waals surface area contributed by atoms with Crippen molar-refractivity contribution in [3.05, 3.63) is 60.0 Å². The van der Waals surface area contributed by atoms with E-state index in [1.54, 1.807) is 22.8 Å². The van der Waals surface area contributed by atoms with Crippen molar-refractivity contribution in [3.63, 3.8) is 0 Å². The molecule has 3 nitrogen and oxygen atoms in total. The van der Waals surface area contributed by atoms with Crippen LogP contribution in [0.3, 0.4) is 0 Å². The molecule has 0 radical (unpaired) electrons. The molecule has 2 heterocycles. The largest absolute Gasteiger partial charge is 0.326 e. The Bertz CT molecular complexity index is 703. The molecule has 0 spiro atoms. The summed E-state index contributed by atoms with van der Waals surface area (Å²) in [6.07, 6.45) is 1.70. The number of nitrogens with two attached hydrogens (primary N) is 1. The van der Waals surface area contributed by atoms with Crippen LogP contribution in [0.25, 0.3) is 16.8 Å². The smallest absolute Gasteiger partial charge is 0.132 e. The van der Waals surface area contributed by atoms with Gasteiger partial charge < -0.3 is 5.73 Å². The van der Waals surface area contributed by atoms with Gasteiger partial charge in [0.1, 0.15) is 5.82 Å². The first-order valence-corrected chi connectivity index (χ1v) is 5.71. The number of aromatic nitrogens is 2. The van der Waals surface area contributed by atoms with Gasteiger partial charge >= 0.3 is 0 Å². The molecule has 0 unspecified atom stereocenters. The molecule has 2 aromatic heterocycles. The highest BCUT2D eigenvalue weighted by Crippen LogP contribution is 2.24. The molecule has 3 aromatic rings. The summed E-state index contributed by atoms with van der Waals surface area (Å²) in [6.45, 7) is 0.391. The normalized spacial score (nSPS) is 11.0.